The van der Waals surface area contributed by atoms with E-state index in [4.69, 9.17) is 14.2 Å². The fourth-order valence-electron chi connectivity index (χ4n) is 2.44. The molecule has 130 valence electrons. The van der Waals surface area contributed by atoms with E-state index in [2.05, 4.69) is 27.9 Å². The molecule has 0 bridgehead atoms. The van der Waals surface area contributed by atoms with Crippen LogP contribution in [-0.2, 0) is 13.0 Å². The van der Waals surface area contributed by atoms with Gasteiger partial charge in [0.25, 0.3) is 0 Å². The molecule has 24 heavy (non-hydrogen) atoms. The summed E-state index contributed by atoms with van der Waals surface area (Å²) in [5.74, 6) is 2.60. The van der Waals surface area contributed by atoms with E-state index in [1.807, 2.05) is 18.2 Å². The van der Waals surface area contributed by atoms with E-state index < -0.39 is 0 Å². The van der Waals surface area contributed by atoms with Crippen molar-refractivity contribution in [3.8, 4) is 23.0 Å². The summed E-state index contributed by atoms with van der Waals surface area (Å²) in [5.41, 5.74) is 2.10. The second kappa shape index (κ2) is 8.98. The third-order valence-electron chi connectivity index (χ3n) is 3.71. The van der Waals surface area contributed by atoms with Crippen molar-refractivity contribution in [2.75, 3.05) is 27.9 Å². The molecule has 2 aromatic rings. The van der Waals surface area contributed by atoms with Crippen LogP contribution >= 0.6 is 22.6 Å². The van der Waals surface area contributed by atoms with Crippen LogP contribution in [-0.4, -0.2) is 33.0 Å². The van der Waals surface area contributed by atoms with Crippen molar-refractivity contribution in [2.24, 2.45) is 0 Å². The van der Waals surface area contributed by atoms with Gasteiger partial charge in [-0.1, -0.05) is 6.07 Å². The monoisotopic (exact) mass is 443 g/mol. The Labute approximate surface area is 156 Å². The maximum absolute atomic E-state index is 9.49. The van der Waals surface area contributed by atoms with Crippen LogP contribution < -0.4 is 19.5 Å². The lowest BCUT2D eigenvalue weighted by Crippen LogP contribution is -2.17. The molecule has 2 aromatic carbocycles. The van der Waals surface area contributed by atoms with E-state index in [0.717, 1.165) is 39.2 Å². The predicted molar refractivity (Wildman–Crippen MR) is 102 cm³/mol. The molecule has 2 rings (SSSR count). The summed E-state index contributed by atoms with van der Waals surface area (Å²) in [6.07, 6.45) is 0.816. The lowest BCUT2D eigenvalue weighted by molar-refractivity contribution is 0.395. The largest absolute Gasteiger partial charge is 0.508 e. The maximum atomic E-state index is 9.49. The Balaban J connectivity index is 1.97. The van der Waals surface area contributed by atoms with Gasteiger partial charge in [0.2, 0.25) is 0 Å². The minimum absolute atomic E-state index is 0.200. The number of methoxy groups -OCH3 is 3. The average molecular weight is 443 g/mol. The standard InChI is InChI=1S/C18H22INO4/c1-22-16-9-14(21)5-4-13(16)11-20-7-6-12-8-18(24-3)15(19)10-17(12)23-2/h4-5,8-10,20-21H,6-7,11H2,1-3H3. The first-order chi connectivity index (χ1) is 11.6. The van der Waals surface area contributed by atoms with Crippen molar-refractivity contribution < 1.29 is 19.3 Å². The van der Waals surface area contributed by atoms with E-state index in [9.17, 15) is 5.11 Å². The third-order valence-corrected chi connectivity index (χ3v) is 4.56. The number of aromatic hydroxyl groups is 1. The summed E-state index contributed by atoms with van der Waals surface area (Å²) >= 11 is 2.23. The number of halogens is 1. The first kappa shape index (κ1) is 18.7. The van der Waals surface area contributed by atoms with Gasteiger partial charge in [-0.25, -0.2) is 0 Å². The lowest BCUT2D eigenvalue weighted by atomic mass is 10.1. The highest BCUT2D eigenvalue weighted by molar-refractivity contribution is 14.1. The molecule has 0 saturated carbocycles. The van der Waals surface area contributed by atoms with Crippen LogP contribution in [0.4, 0.5) is 0 Å². The molecule has 6 heteroatoms. The molecule has 0 fully saturated rings. The number of hydrogen-bond donors (Lipinski definition) is 2. The lowest BCUT2D eigenvalue weighted by Gasteiger charge is -2.13. The number of ether oxygens (including phenoxy) is 3. The summed E-state index contributed by atoms with van der Waals surface area (Å²) in [6, 6.07) is 9.13. The molecule has 0 radical (unpaired) electrons. The smallest absolute Gasteiger partial charge is 0.132 e. The van der Waals surface area contributed by atoms with Gasteiger partial charge in [-0.05, 0) is 59.3 Å². The number of hydrogen-bond acceptors (Lipinski definition) is 5. The molecule has 0 heterocycles. The molecule has 0 aliphatic carbocycles. The van der Waals surface area contributed by atoms with Crippen molar-refractivity contribution in [3.63, 3.8) is 0 Å². The molecule has 0 aliphatic rings. The summed E-state index contributed by atoms with van der Waals surface area (Å²) in [7, 11) is 4.94. The molecule has 5 nitrogen and oxygen atoms in total. The minimum Gasteiger partial charge on any atom is -0.508 e. The molecule has 0 aliphatic heterocycles. The van der Waals surface area contributed by atoms with Crippen LogP contribution in [0.1, 0.15) is 11.1 Å². The highest BCUT2D eigenvalue weighted by atomic mass is 127. The van der Waals surface area contributed by atoms with Crippen molar-refractivity contribution in [2.45, 2.75) is 13.0 Å². The second-order valence-electron chi connectivity index (χ2n) is 5.22. The Kier molecular flexibility index (Phi) is 6.99. The van der Waals surface area contributed by atoms with Crippen LogP contribution in [0.3, 0.4) is 0 Å². The van der Waals surface area contributed by atoms with Crippen LogP contribution in [0.25, 0.3) is 0 Å². The Morgan fingerprint density at radius 3 is 2.25 bits per heavy atom. The number of nitrogens with one attached hydrogen (secondary N) is 1. The Morgan fingerprint density at radius 1 is 0.917 bits per heavy atom. The fraction of sp³-hybridized carbons (Fsp3) is 0.333. The Bertz CT molecular complexity index is 691. The zero-order chi connectivity index (χ0) is 17.5. The van der Waals surface area contributed by atoms with Crippen LogP contribution in [0.2, 0.25) is 0 Å². The van der Waals surface area contributed by atoms with Gasteiger partial charge >= 0.3 is 0 Å². The van der Waals surface area contributed by atoms with E-state index in [1.165, 1.54) is 0 Å². The van der Waals surface area contributed by atoms with Crippen LogP contribution in [0.5, 0.6) is 23.0 Å². The van der Waals surface area contributed by atoms with Crippen LogP contribution in [0.15, 0.2) is 30.3 Å². The maximum Gasteiger partial charge on any atom is 0.132 e. The van der Waals surface area contributed by atoms with Crippen molar-refractivity contribution >= 4 is 22.6 Å². The number of phenolic OH excluding ortho intramolecular Hbond substituents is 1. The first-order valence-electron chi connectivity index (χ1n) is 7.56. The first-order valence-corrected chi connectivity index (χ1v) is 8.64. The number of rotatable bonds is 8. The molecule has 0 saturated heterocycles. The van der Waals surface area contributed by atoms with Crippen molar-refractivity contribution in [1.29, 1.82) is 0 Å². The van der Waals surface area contributed by atoms with E-state index in [1.54, 1.807) is 33.5 Å². The summed E-state index contributed by atoms with van der Waals surface area (Å²) in [6.45, 7) is 1.44. The van der Waals surface area contributed by atoms with Gasteiger partial charge in [0.05, 0.1) is 24.9 Å². The highest BCUT2D eigenvalue weighted by Crippen LogP contribution is 2.30. The molecule has 2 N–H and O–H groups in total. The third kappa shape index (κ3) is 4.67. The number of phenols is 1. The van der Waals surface area contributed by atoms with Gasteiger partial charge in [0, 0.05) is 18.2 Å². The van der Waals surface area contributed by atoms with Gasteiger partial charge in [0.1, 0.15) is 23.0 Å². The molecule has 0 aromatic heterocycles. The van der Waals surface area contributed by atoms with Gasteiger partial charge in [0.15, 0.2) is 0 Å². The second-order valence-corrected chi connectivity index (χ2v) is 6.38. The molecule has 0 amide bonds. The molecular formula is C18H22INO4. The Morgan fingerprint density at radius 2 is 1.58 bits per heavy atom. The average Bonchev–Trinajstić information content (AvgIpc) is 2.60. The minimum atomic E-state index is 0.200. The van der Waals surface area contributed by atoms with E-state index >= 15 is 0 Å². The predicted octanol–water partition coefficient (Wildman–Crippen LogP) is 3.35. The highest BCUT2D eigenvalue weighted by Gasteiger charge is 2.10. The quantitative estimate of drug-likeness (QED) is 0.484. The van der Waals surface area contributed by atoms with Gasteiger partial charge < -0.3 is 24.6 Å². The van der Waals surface area contributed by atoms with Gasteiger partial charge in [-0.15, -0.1) is 0 Å². The Hall–Kier alpha value is -1.67. The number of benzene rings is 2. The van der Waals surface area contributed by atoms with Crippen molar-refractivity contribution in [3.05, 3.63) is 45.0 Å². The van der Waals surface area contributed by atoms with E-state index in [-0.39, 0.29) is 5.75 Å². The molecular weight excluding hydrogens is 421 g/mol. The fourth-order valence-corrected chi connectivity index (χ4v) is 3.10. The molecule has 0 spiro atoms. The van der Waals surface area contributed by atoms with E-state index in [0.29, 0.717) is 12.3 Å². The molecule has 0 atom stereocenters. The zero-order valence-corrected chi connectivity index (χ0v) is 16.2. The molecule has 0 unspecified atom stereocenters. The van der Waals surface area contributed by atoms with Crippen molar-refractivity contribution in [1.82, 2.24) is 5.32 Å². The summed E-state index contributed by atoms with van der Waals surface area (Å²) in [5, 5.41) is 12.9. The van der Waals surface area contributed by atoms with Gasteiger partial charge in [-0.2, -0.15) is 0 Å². The normalized spacial score (nSPS) is 10.5. The van der Waals surface area contributed by atoms with Crippen LogP contribution in [0, 0.1) is 3.57 Å². The summed E-state index contributed by atoms with van der Waals surface area (Å²) < 4.78 is 17.1. The summed E-state index contributed by atoms with van der Waals surface area (Å²) in [4.78, 5) is 0. The van der Waals surface area contributed by atoms with Gasteiger partial charge in [-0.3, -0.25) is 0 Å². The topological polar surface area (TPSA) is 60.0 Å². The SMILES string of the molecule is COc1cc(CCNCc2ccc(O)cc2OC)c(OC)cc1I. The zero-order valence-electron chi connectivity index (χ0n) is 14.1.